The van der Waals surface area contributed by atoms with Crippen LogP contribution in [0.1, 0.15) is 25.3 Å². The number of rotatable bonds is 4. The van der Waals surface area contributed by atoms with E-state index in [1.54, 1.807) is 0 Å². The molecule has 0 unspecified atom stereocenters. The molecule has 1 rings (SSSR count). The van der Waals surface area contributed by atoms with E-state index in [4.69, 9.17) is 4.74 Å². The molecule has 0 atom stereocenters. The molecule has 0 radical (unpaired) electrons. The monoisotopic (exact) mass is 416 g/mol. The van der Waals surface area contributed by atoms with Gasteiger partial charge in [-0.1, -0.05) is 31.5 Å². The minimum Gasteiger partial charge on any atom is -0.665 e. The van der Waals surface area contributed by atoms with Gasteiger partial charge >= 0.3 is 31.1 Å². The van der Waals surface area contributed by atoms with Gasteiger partial charge in [0.2, 0.25) is 0 Å². The van der Waals surface area contributed by atoms with Gasteiger partial charge in [0, 0.05) is 0 Å². The quantitative estimate of drug-likeness (QED) is 0.681. The summed E-state index contributed by atoms with van der Waals surface area (Å²) >= 11 is 0. The van der Waals surface area contributed by atoms with E-state index in [-0.39, 0.29) is 38.5 Å². The molecule has 0 aromatic heterocycles. The molecule has 0 heterocycles. The third-order valence-electron chi connectivity index (χ3n) is 1.93. The molecule has 2 heteroatoms. The van der Waals surface area contributed by atoms with E-state index >= 15 is 0 Å². The van der Waals surface area contributed by atoms with E-state index in [0.717, 1.165) is 12.2 Å². The van der Waals surface area contributed by atoms with Crippen LogP contribution in [0.2, 0.25) is 0 Å². The molecule has 0 amide bonds. The number of ether oxygens (including phenoxy) is 1. The summed E-state index contributed by atoms with van der Waals surface area (Å²) in [6, 6.07) is 8.05. The zero-order valence-electron chi connectivity index (χ0n) is 9.05. The summed E-state index contributed by atoms with van der Waals surface area (Å²) in [5.74, 6) is 0.908. The third kappa shape index (κ3) is 5.08. The van der Waals surface area contributed by atoms with E-state index < -0.39 is 0 Å². The first-order valence-electron chi connectivity index (χ1n) is 4.38. The van der Waals surface area contributed by atoms with Gasteiger partial charge in [-0.15, -0.1) is 0 Å². The molecule has 14 heavy (non-hydrogen) atoms. The summed E-state index contributed by atoms with van der Waals surface area (Å²) in [5.41, 5.74) is 1.26. The Bertz CT molecular complexity index is 236. The molecule has 0 aliphatic rings. The van der Waals surface area contributed by atoms with Crippen LogP contribution in [0.4, 0.5) is 0 Å². The molecule has 0 aliphatic carbocycles. The number of benzene rings is 1. The molecule has 1 aromatic carbocycles. The average Bonchev–Trinajstić information content (AvgIpc) is 2.15. The number of hydrogen-bond donors (Lipinski definition) is 0. The first kappa shape index (κ1) is 16.5. The zero-order chi connectivity index (χ0) is 8.81. The Kier molecular flexibility index (Phi) is 11.3. The predicted octanol–water partition coefficient (Wildman–Crippen LogP) is 3.65. The van der Waals surface area contributed by atoms with Crippen LogP contribution < -0.4 is 4.74 Å². The van der Waals surface area contributed by atoms with Gasteiger partial charge in [-0.25, -0.2) is 0 Å². The maximum absolute atomic E-state index is 4.99. The number of aryl methyl sites for hydroxylation is 1. The summed E-state index contributed by atoms with van der Waals surface area (Å²) in [4.78, 5) is 0. The van der Waals surface area contributed by atoms with Crippen LogP contribution in [0.15, 0.2) is 24.3 Å². The minimum atomic E-state index is 0. The third-order valence-corrected chi connectivity index (χ3v) is 1.93. The Morgan fingerprint density at radius 3 is 2.50 bits per heavy atom. The molecule has 0 saturated carbocycles. The molecule has 0 saturated heterocycles. The number of para-hydroxylation sites is 1. The maximum Gasteiger partial charge on any atom is 2.00 e. The van der Waals surface area contributed by atoms with Gasteiger partial charge in [0.15, 0.2) is 0 Å². The molecular formula is C12H18OU. The second-order valence-electron chi connectivity index (χ2n) is 2.86. The second kappa shape index (κ2) is 9.62. The molecule has 0 aliphatic heterocycles. The van der Waals surface area contributed by atoms with Crippen molar-refractivity contribution in [2.75, 3.05) is 0 Å². The van der Waals surface area contributed by atoms with Crippen molar-refractivity contribution in [3.63, 3.8) is 0 Å². The van der Waals surface area contributed by atoms with E-state index in [1.807, 2.05) is 18.2 Å². The summed E-state index contributed by atoms with van der Waals surface area (Å²) in [6.45, 7) is 2.19. The van der Waals surface area contributed by atoms with Gasteiger partial charge in [-0.3, -0.25) is 0 Å². The van der Waals surface area contributed by atoms with Crippen LogP contribution in [0, 0.1) is 45.6 Å². The number of hydrogen-bond acceptors (Lipinski definition) is 1. The molecule has 0 bridgehead atoms. The van der Waals surface area contributed by atoms with Crippen LogP contribution >= 0.6 is 0 Å². The van der Waals surface area contributed by atoms with Crippen molar-refractivity contribution in [2.24, 2.45) is 0 Å². The standard InChI is InChI=1S/C11H15O.CH3.U/c1-3-4-7-10-8-5-6-9-11(10)12-2;;/h5-6,8-9H,2-4,7H2,1H3;1H3;/q2*-1;+2. The second-order valence-corrected chi connectivity index (χ2v) is 2.86. The average molecular weight is 416 g/mol. The summed E-state index contributed by atoms with van der Waals surface area (Å²) in [5, 5.41) is 0. The summed E-state index contributed by atoms with van der Waals surface area (Å²) in [6.07, 6.45) is 3.51. The minimum absolute atomic E-state index is 0. The molecule has 0 N–H and O–H groups in total. The van der Waals surface area contributed by atoms with E-state index in [0.29, 0.717) is 0 Å². The van der Waals surface area contributed by atoms with Gasteiger partial charge in [-0.2, -0.15) is 7.11 Å². The van der Waals surface area contributed by atoms with Gasteiger partial charge in [-0.05, 0) is 24.5 Å². The van der Waals surface area contributed by atoms with Gasteiger partial charge in [0.25, 0.3) is 0 Å². The van der Waals surface area contributed by atoms with Crippen molar-refractivity contribution in [1.29, 1.82) is 0 Å². The van der Waals surface area contributed by atoms with Crippen molar-refractivity contribution >= 4 is 0 Å². The smallest absolute Gasteiger partial charge is 0.665 e. The van der Waals surface area contributed by atoms with Gasteiger partial charge < -0.3 is 12.2 Å². The van der Waals surface area contributed by atoms with Crippen molar-refractivity contribution < 1.29 is 35.9 Å². The Morgan fingerprint density at radius 1 is 1.29 bits per heavy atom. The van der Waals surface area contributed by atoms with Crippen molar-refractivity contribution in [3.8, 4) is 5.75 Å². The predicted molar refractivity (Wildman–Crippen MR) is 57.5 cm³/mol. The zero-order valence-corrected chi connectivity index (χ0v) is 13.2. The number of unbranched alkanes of at least 4 members (excludes halogenated alkanes) is 1. The molecule has 1 nitrogen and oxygen atoms in total. The van der Waals surface area contributed by atoms with Crippen LogP contribution in [-0.4, -0.2) is 0 Å². The molecular weight excluding hydrogens is 398 g/mol. The fourth-order valence-electron chi connectivity index (χ4n) is 1.22. The molecule has 0 fully saturated rings. The molecule has 1 aromatic rings. The first-order valence-corrected chi connectivity index (χ1v) is 4.38. The molecule has 76 valence electrons. The Labute approximate surface area is 112 Å². The largest absolute Gasteiger partial charge is 2.00 e. The van der Waals surface area contributed by atoms with Crippen LogP contribution in [0.3, 0.4) is 0 Å². The molecule has 0 spiro atoms. The van der Waals surface area contributed by atoms with E-state index in [1.165, 1.54) is 18.4 Å². The van der Waals surface area contributed by atoms with Crippen LogP contribution in [-0.2, 0) is 6.42 Å². The van der Waals surface area contributed by atoms with Gasteiger partial charge in [0.05, 0.1) is 5.75 Å². The summed E-state index contributed by atoms with van der Waals surface area (Å²) in [7, 11) is 3.42. The fourth-order valence-corrected chi connectivity index (χ4v) is 1.22. The normalized spacial score (nSPS) is 8.43. The SMILES string of the molecule is [CH2-]Oc1ccccc1CCCC.[CH3-].[U+2]. The van der Waals surface area contributed by atoms with Crippen molar-refractivity contribution in [3.05, 3.63) is 44.4 Å². The van der Waals surface area contributed by atoms with Crippen molar-refractivity contribution in [2.45, 2.75) is 26.2 Å². The summed E-state index contributed by atoms with van der Waals surface area (Å²) < 4.78 is 4.99. The van der Waals surface area contributed by atoms with E-state index in [9.17, 15) is 0 Å². The van der Waals surface area contributed by atoms with Crippen LogP contribution in [0.25, 0.3) is 0 Å². The Hall–Kier alpha value is 0.0719. The Balaban J connectivity index is 0. The van der Waals surface area contributed by atoms with Crippen molar-refractivity contribution in [1.82, 2.24) is 0 Å². The Morgan fingerprint density at radius 2 is 1.93 bits per heavy atom. The van der Waals surface area contributed by atoms with Gasteiger partial charge in [0.1, 0.15) is 0 Å². The first-order chi connectivity index (χ1) is 5.88. The fraction of sp³-hybridized carbons (Fsp3) is 0.333. The topological polar surface area (TPSA) is 9.23 Å². The maximum atomic E-state index is 4.99. The van der Waals surface area contributed by atoms with Crippen LogP contribution in [0.5, 0.6) is 5.75 Å². The van der Waals surface area contributed by atoms with E-state index in [2.05, 4.69) is 20.1 Å².